The molecule has 2 saturated heterocycles. The first-order valence-electron chi connectivity index (χ1n) is 44.7. The number of likely N-dealkylation sites (N-methyl/N-ethyl adjacent to an activating group) is 3. The molecule has 2 fully saturated rings. The van der Waals surface area contributed by atoms with Crippen molar-refractivity contribution in [1.82, 2.24) is 82.1 Å². The Bertz CT molecular complexity index is 5000. The first-order chi connectivity index (χ1) is 62.5. The number of Topliss-reactive ketones (excluding diaryl/α,β-unsaturated/α-hetero) is 4. The Kier molecular flexibility index (Phi) is 40.4. The number of hydrogen-bond acceptors (Lipinski definition) is 21. The molecule has 13 atom stereocenters. The Morgan fingerprint density at radius 3 is 1.76 bits per heavy atom. The van der Waals surface area contributed by atoms with Gasteiger partial charge in [0, 0.05) is 156 Å². The van der Waals surface area contributed by atoms with Crippen molar-refractivity contribution >= 4 is 139 Å². The zero-order valence-corrected chi connectivity index (χ0v) is 76.6. The largest absolute Gasteiger partial charge is 0.394 e. The first kappa shape index (κ1) is 104. The van der Waals surface area contributed by atoms with Gasteiger partial charge in [0.2, 0.25) is 76.8 Å². The minimum atomic E-state index is -1.81. The highest BCUT2D eigenvalue weighted by Crippen LogP contribution is 2.29. The zero-order chi connectivity index (χ0) is 95.7. The van der Waals surface area contributed by atoms with E-state index in [9.17, 15) is 67.4 Å². The average Bonchev–Trinajstić information content (AvgIpc) is 1.69. The van der Waals surface area contributed by atoms with Crippen LogP contribution in [0.5, 0.6) is 0 Å². The fraction of sp³-hybridized carbons (Fsp3) is 0.533. The van der Waals surface area contributed by atoms with Gasteiger partial charge < -0.3 is 99.4 Å². The molecule has 710 valence electrons. The van der Waals surface area contributed by atoms with E-state index in [4.69, 9.17) is 22.6 Å². The number of unbranched alkanes of at least 4 members (excludes halogenated alkanes) is 2. The molecule has 19 N–H and O–H groups in total. The van der Waals surface area contributed by atoms with Crippen LogP contribution < -0.4 is 59.7 Å². The molecule has 0 spiro atoms. The molecule has 3 aromatic carbocycles. The topological polar surface area (TPSA) is 582 Å². The SMILES string of the molecule is CCCC[C@@H]1CC(=O)[C@H](Cc2c[nH]c3ccccc23)NC(=O)[C@H](CO)NC(=O)[C@H](Cc2c[nH]c3ccccc23)NC(=O)CN(C)C(=O)[C@H](CC(C)C)NC(=O)[C@H](Cc2cnc[nH]2)CC(=O)C2CCCN2C(=O)[C@H](CC(N)=O)NC(=O)[C@H](C)N(C)C(=O)[C@H](Cc2ccccc2)NC(=O)CSC[C@@H](C(=O)CCC(N)=O)NC(=O)[C@H](CCCNC(=N)N)CC(=O)[C@H](CCCC)N(C)C1=O. The lowest BCUT2D eigenvalue weighted by Crippen LogP contribution is -2.58. The van der Waals surface area contributed by atoms with Crippen LogP contribution in [-0.4, -0.2) is 270 Å². The van der Waals surface area contributed by atoms with Crippen LogP contribution in [0, 0.1) is 29.1 Å². The van der Waals surface area contributed by atoms with Gasteiger partial charge in [-0.2, -0.15) is 0 Å². The normalized spacial score (nSPS) is 23.7. The minimum absolute atomic E-state index is 0.0100. The molecule has 0 radical (unpaired) electrons. The molecule has 39 heteroatoms. The third-order valence-corrected chi connectivity index (χ3v) is 24.9. The van der Waals surface area contributed by atoms with Gasteiger partial charge in [-0.25, -0.2) is 4.98 Å². The second-order valence-corrected chi connectivity index (χ2v) is 35.4. The molecule has 131 heavy (non-hydrogen) atoms. The van der Waals surface area contributed by atoms with Crippen molar-refractivity contribution in [2.24, 2.45) is 40.9 Å². The third kappa shape index (κ3) is 31.0. The van der Waals surface area contributed by atoms with E-state index in [1.54, 1.807) is 105 Å². The van der Waals surface area contributed by atoms with Crippen LogP contribution in [0.3, 0.4) is 0 Å². The molecule has 0 bridgehead atoms. The standard InChI is InChI=1S/C92H128N20O18S/c1-9-11-24-57-42-76(115)66(39-59-45-99-64-28-18-16-26-62(59)64)104-87(126)71(49-113)107-86(125)67(40-60-46-100-65-29-19-17-27-63(60)65)102-81(120)48-109(6)89(128)68(36-53(3)4)106-85(124)58(38-61-47-97-52-101-61)43-78(117)74-31-21-35-112(74)91(130)70(44-80(94)119)105-83(122)54(5)110(7)90(129)69(37-55-22-14-13-15-23-55)103-82(121)51-131-50-72(75(114)32-33-79(93)118)108-84(123)56(25-20-34-98-92(95)96)41-77(116)73(30-12-10-2)111(8)88(57)127/h13-19,22-23,26-29,45-47,52-54,56-58,66-74,99-100,113H,9-12,20-21,24-25,30-44,48-51H2,1-8H3,(H2,93,118)(H2,94,119)(H,97,101)(H,102,120)(H,103,121)(H,104,126)(H,105,122)(H,106,124)(H,107,125)(H,108,123)(H4,95,96,98)/t54-,56+,57+,58+,66-,67-,68-,69-,70-,71-,72-,73-,74?/m0/s1. The fourth-order valence-corrected chi connectivity index (χ4v) is 17.4. The van der Waals surface area contributed by atoms with Crippen molar-refractivity contribution in [1.29, 1.82) is 5.41 Å². The van der Waals surface area contributed by atoms with E-state index in [2.05, 4.69) is 62.5 Å². The summed E-state index contributed by atoms with van der Waals surface area (Å²) >= 11 is 0.863. The van der Waals surface area contributed by atoms with Gasteiger partial charge in [-0.05, 0) is 86.6 Å². The number of hydrogen-bond donors (Lipinski definition) is 16. The molecule has 13 amide bonds. The summed E-state index contributed by atoms with van der Waals surface area (Å²) in [5.41, 5.74) is 20.3. The monoisotopic (exact) mass is 1830 g/mol. The van der Waals surface area contributed by atoms with Crippen LogP contribution >= 0.6 is 11.8 Å². The lowest BCUT2D eigenvalue weighted by molar-refractivity contribution is -0.145. The number of guanidine groups is 1. The molecule has 2 aliphatic rings. The maximum absolute atomic E-state index is 15.5. The van der Waals surface area contributed by atoms with Crippen LogP contribution in [0.4, 0.5) is 0 Å². The highest BCUT2D eigenvalue weighted by molar-refractivity contribution is 8.00. The summed E-state index contributed by atoms with van der Waals surface area (Å²) in [6, 6.07) is 8.28. The number of aromatic amines is 3. The van der Waals surface area contributed by atoms with Gasteiger partial charge in [0.05, 0.1) is 61.7 Å². The second kappa shape index (κ2) is 51.1. The predicted octanol–water partition coefficient (Wildman–Crippen LogP) is 2.02. The van der Waals surface area contributed by atoms with E-state index in [-0.39, 0.29) is 101 Å². The van der Waals surface area contributed by atoms with Crippen LogP contribution in [0.15, 0.2) is 104 Å². The number of ketones is 4. The highest BCUT2D eigenvalue weighted by Gasteiger charge is 2.44. The number of fused-ring (bicyclic) bond motifs is 3. The van der Waals surface area contributed by atoms with Crippen LogP contribution in [0.2, 0.25) is 0 Å². The molecule has 0 saturated carbocycles. The molecule has 1 unspecified atom stereocenters. The molecule has 6 aromatic rings. The van der Waals surface area contributed by atoms with Gasteiger partial charge in [0.15, 0.2) is 29.1 Å². The van der Waals surface area contributed by atoms with Crippen molar-refractivity contribution in [3.63, 3.8) is 0 Å². The first-order valence-corrected chi connectivity index (χ1v) is 45.9. The molecule has 8 rings (SSSR count). The van der Waals surface area contributed by atoms with Crippen LogP contribution in [0.1, 0.15) is 166 Å². The average molecular weight is 1830 g/mol. The van der Waals surface area contributed by atoms with Gasteiger partial charge in [-0.3, -0.25) is 86.9 Å². The van der Waals surface area contributed by atoms with E-state index in [0.717, 1.165) is 21.6 Å². The smallest absolute Gasteiger partial charge is 0.246 e. The number of nitrogens with one attached hydrogen (secondary N) is 12. The van der Waals surface area contributed by atoms with Crippen molar-refractivity contribution < 1.29 is 86.6 Å². The van der Waals surface area contributed by atoms with Crippen LogP contribution in [-0.2, 0) is 107 Å². The van der Waals surface area contributed by atoms with E-state index in [1.165, 1.54) is 50.4 Å². The number of nitrogens with two attached hydrogens (primary N) is 3. The van der Waals surface area contributed by atoms with Gasteiger partial charge in [0.25, 0.3) is 0 Å². The summed E-state index contributed by atoms with van der Waals surface area (Å²) in [5, 5.41) is 42.0. The number of aromatic nitrogens is 4. The Morgan fingerprint density at radius 2 is 1.15 bits per heavy atom. The van der Waals surface area contributed by atoms with Crippen molar-refractivity contribution in [2.45, 2.75) is 230 Å². The lowest BCUT2D eigenvalue weighted by Gasteiger charge is -2.32. The van der Waals surface area contributed by atoms with E-state index in [1.807, 2.05) is 13.8 Å². The number of amides is 13. The highest BCUT2D eigenvalue weighted by atomic mass is 32.2. The fourth-order valence-electron chi connectivity index (χ4n) is 16.5. The summed E-state index contributed by atoms with van der Waals surface area (Å²) in [7, 11) is 4.01. The number of carbonyl (C=O) groups is 17. The van der Waals surface area contributed by atoms with Crippen LogP contribution in [0.25, 0.3) is 21.8 Å². The third-order valence-electron chi connectivity index (χ3n) is 23.9. The minimum Gasteiger partial charge on any atom is -0.394 e. The number of benzene rings is 3. The predicted molar refractivity (Wildman–Crippen MR) is 490 cm³/mol. The van der Waals surface area contributed by atoms with Crippen molar-refractivity contribution in [2.75, 3.05) is 58.9 Å². The molecule has 5 heterocycles. The maximum Gasteiger partial charge on any atom is 0.246 e. The number of rotatable bonds is 27. The number of aliphatic hydroxyl groups excluding tert-OH is 1. The number of imidazole rings is 1. The number of carbonyl (C=O) groups excluding carboxylic acids is 17. The maximum atomic E-state index is 15.5. The van der Waals surface area contributed by atoms with Gasteiger partial charge in [0.1, 0.15) is 36.3 Å². The number of H-pyrrole nitrogens is 3. The molecule has 38 nitrogen and oxygen atoms in total. The van der Waals surface area contributed by atoms with Gasteiger partial charge in [-0.15, -0.1) is 11.8 Å². The molecule has 0 aliphatic carbocycles. The molecule has 2 aliphatic heterocycles. The summed E-state index contributed by atoms with van der Waals surface area (Å²) in [6.07, 6.45) is 4.80. The summed E-state index contributed by atoms with van der Waals surface area (Å²) in [6.45, 7) is 6.93. The Labute approximate surface area is 765 Å². The Balaban J connectivity index is 1.17. The van der Waals surface area contributed by atoms with E-state index >= 15 is 19.2 Å². The van der Waals surface area contributed by atoms with Gasteiger partial charge >= 0.3 is 0 Å². The summed E-state index contributed by atoms with van der Waals surface area (Å²) < 4.78 is 0. The molecular weight excluding hydrogens is 1710 g/mol. The molecule has 3 aromatic heterocycles. The quantitative estimate of drug-likeness (QED) is 0.0199. The molecular formula is C92H128N20O18S. The Hall–Kier alpha value is -12.7. The van der Waals surface area contributed by atoms with Crippen molar-refractivity contribution in [3.8, 4) is 0 Å². The number of thioether (sulfide) groups is 1. The van der Waals surface area contributed by atoms with E-state index < -0.39 is 236 Å². The van der Waals surface area contributed by atoms with E-state index in [0.29, 0.717) is 69.9 Å². The number of aliphatic hydroxyl groups is 1. The van der Waals surface area contributed by atoms with Gasteiger partial charge in [-0.1, -0.05) is 120 Å². The number of para-hydroxylation sites is 2. The zero-order valence-electron chi connectivity index (χ0n) is 75.8. The Morgan fingerprint density at radius 1 is 0.565 bits per heavy atom. The lowest BCUT2D eigenvalue weighted by atomic mass is 9.88. The number of nitrogens with zero attached hydrogens (tertiary/aromatic N) is 5. The second-order valence-electron chi connectivity index (χ2n) is 34.4. The number of primary amides is 2. The van der Waals surface area contributed by atoms with Crippen molar-refractivity contribution in [3.05, 3.63) is 126 Å². The summed E-state index contributed by atoms with van der Waals surface area (Å²) in [4.78, 5) is 266. The summed E-state index contributed by atoms with van der Waals surface area (Å²) in [5.74, 6) is -18.7.